The maximum atomic E-state index is 3.77. The molecule has 0 radical (unpaired) electrons. The lowest BCUT2D eigenvalue weighted by molar-refractivity contribution is 0.668. The highest BCUT2D eigenvalue weighted by Crippen LogP contribution is 2.28. The summed E-state index contributed by atoms with van der Waals surface area (Å²) in [5.41, 5.74) is 2.91. The number of unbranched alkanes of at least 4 members (excludes halogenated alkanes) is 6. The van der Waals surface area contributed by atoms with E-state index in [1.54, 1.807) is 0 Å². The molecule has 0 heterocycles. The Kier molecular flexibility index (Phi) is 13.7. The Morgan fingerprint density at radius 3 is 1.32 bits per heavy atom. The molecule has 0 unspecified atom stereocenters. The number of hydrogen-bond acceptors (Lipinski definition) is 0. The van der Waals surface area contributed by atoms with E-state index in [1.165, 1.54) is 93.1 Å². The standard InChI is InChI=1S/C18H26Br2I2/c19-17-14-16(10-6-2-4-8-12-22)18(20)13-15(17)9-5-1-3-7-11-21/h13-14H,1-12H2. The van der Waals surface area contributed by atoms with Crippen LogP contribution in [0.5, 0.6) is 0 Å². The van der Waals surface area contributed by atoms with Gasteiger partial charge >= 0.3 is 0 Å². The second-order valence-corrected chi connectivity index (χ2v) is 9.61. The number of aryl methyl sites for hydroxylation is 2. The van der Waals surface area contributed by atoms with E-state index in [0.29, 0.717) is 0 Å². The maximum Gasteiger partial charge on any atom is 0.0210 e. The highest BCUT2D eigenvalue weighted by Gasteiger charge is 2.07. The minimum Gasteiger partial charge on any atom is -0.0864 e. The first kappa shape index (κ1) is 21.7. The first-order valence-corrected chi connectivity index (χ1v) is 12.9. The van der Waals surface area contributed by atoms with Crippen molar-refractivity contribution in [1.82, 2.24) is 0 Å². The Morgan fingerprint density at radius 2 is 0.955 bits per heavy atom. The van der Waals surface area contributed by atoms with Crippen LogP contribution in [0.4, 0.5) is 0 Å². The average Bonchev–Trinajstić information content (AvgIpc) is 2.51. The van der Waals surface area contributed by atoms with Crippen LogP contribution in [-0.4, -0.2) is 8.86 Å². The van der Waals surface area contributed by atoms with E-state index in [-0.39, 0.29) is 0 Å². The average molecular weight is 656 g/mol. The Morgan fingerprint density at radius 1 is 0.591 bits per heavy atom. The Hall–Kier alpha value is 1.64. The topological polar surface area (TPSA) is 0 Å². The minimum atomic E-state index is 1.19. The van der Waals surface area contributed by atoms with Crippen molar-refractivity contribution in [1.29, 1.82) is 0 Å². The molecule has 1 rings (SSSR count). The summed E-state index contributed by atoms with van der Waals surface area (Å²) in [7, 11) is 0. The van der Waals surface area contributed by atoms with E-state index in [0.717, 1.165) is 0 Å². The molecule has 1 aromatic carbocycles. The SMILES string of the molecule is Brc1cc(CCCCCCI)c(Br)cc1CCCCCCI. The van der Waals surface area contributed by atoms with Crippen LogP contribution in [0.1, 0.15) is 62.5 Å². The summed E-state index contributed by atoms with van der Waals surface area (Å²) < 4.78 is 5.18. The molecule has 0 N–H and O–H groups in total. The van der Waals surface area contributed by atoms with Crippen molar-refractivity contribution in [3.8, 4) is 0 Å². The van der Waals surface area contributed by atoms with Crippen molar-refractivity contribution < 1.29 is 0 Å². The largest absolute Gasteiger partial charge is 0.0864 e. The second kappa shape index (κ2) is 13.9. The van der Waals surface area contributed by atoms with E-state index in [2.05, 4.69) is 89.2 Å². The van der Waals surface area contributed by atoms with Gasteiger partial charge in [-0.15, -0.1) is 0 Å². The molecule has 126 valence electrons. The van der Waals surface area contributed by atoms with Gasteiger partial charge in [-0.2, -0.15) is 0 Å². The van der Waals surface area contributed by atoms with Crippen molar-refractivity contribution >= 4 is 77.0 Å². The molecule has 0 amide bonds. The molecule has 0 saturated heterocycles. The molecule has 0 saturated carbocycles. The molecule has 0 spiro atoms. The van der Waals surface area contributed by atoms with E-state index in [1.807, 2.05) is 0 Å². The van der Waals surface area contributed by atoms with Crippen LogP contribution in [0.15, 0.2) is 21.1 Å². The predicted molar refractivity (Wildman–Crippen MR) is 124 cm³/mol. The number of halogens is 4. The summed E-state index contributed by atoms with van der Waals surface area (Å²) in [6, 6.07) is 4.67. The van der Waals surface area contributed by atoms with Crippen LogP contribution in [0.25, 0.3) is 0 Å². The molecule has 0 aliphatic rings. The third kappa shape index (κ3) is 9.21. The maximum absolute atomic E-state index is 3.77. The van der Waals surface area contributed by atoms with E-state index < -0.39 is 0 Å². The molecule has 0 aliphatic carbocycles. The van der Waals surface area contributed by atoms with E-state index in [4.69, 9.17) is 0 Å². The van der Waals surface area contributed by atoms with Gasteiger partial charge in [0.1, 0.15) is 0 Å². The van der Waals surface area contributed by atoms with Crippen molar-refractivity contribution in [2.45, 2.75) is 64.2 Å². The van der Waals surface area contributed by atoms with Crippen LogP contribution in [-0.2, 0) is 12.8 Å². The second-order valence-electron chi connectivity index (χ2n) is 5.74. The van der Waals surface area contributed by atoms with Crippen LogP contribution >= 0.6 is 77.0 Å². The molecule has 0 aromatic heterocycles. The zero-order chi connectivity index (χ0) is 16.2. The van der Waals surface area contributed by atoms with Gasteiger partial charge in [-0.3, -0.25) is 0 Å². The molecule has 0 fully saturated rings. The molecule has 0 nitrogen and oxygen atoms in total. The fraction of sp³-hybridized carbons (Fsp3) is 0.667. The summed E-state index contributed by atoms with van der Waals surface area (Å²) in [5.74, 6) is 0. The molecule has 0 aliphatic heterocycles. The molecule has 0 atom stereocenters. The Labute approximate surface area is 180 Å². The van der Waals surface area contributed by atoms with Crippen LogP contribution in [0.2, 0.25) is 0 Å². The van der Waals surface area contributed by atoms with Gasteiger partial charge < -0.3 is 0 Å². The third-order valence-corrected chi connectivity index (χ3v) is 6.88. The summed E-state index contributed by atoms with van der Waals surface area (Å²) in [6.45, 7) is 0. The fourth-order valence-corrected chi connectivity index (χ4v) is 4.80. The van der Waals surface area contributed by atoms with Crippen molar-refractivity contribution in [3.63, 3.8) is 0 Å². The molecular weight excluding hydrogens is 630 g/mol. The number of rotatable bonds is 12. The predicted octanol–water partition coefficient (Wildman–Crippen LogP) is 8.29. The zero-order valence-corrected chi connectivity index (χ0v) is 20.6. The highest BCUT2D eigenvalue weighted by atomic mass is 127. The van der Waals surface area contributed by atoms with Crippen molar-refractivity contribution in [3.05, 3.63) is 32.2 Å². The summed E-state index contributed by atoms with van der Waals surface area (Å²) in [4.78, 5) is 0. The third-order valence-electron chi connectivity index (χ3n) is 3.87. The normalized spacial score (nSPS) is 11.1. The lowest BCUT2D eigenvalue weighted by atomic mass is 10.0. The number of hydrogen-bond donors (Lipinski definition) is 0. The summed E-state index contributed by atoms with van der Waals surface area (Å²) in [5, 5.41) is 0. The van der Waals surface area contributed by atoms with Crippen LogP contribution < -0.4 is 0 Å². The lowest BCUT2D eigenvalue weighted by Gasteiger charge is -2.10. The van der Waals surface area contributed by atoms with Gasteiger partial charge in [0.25, 0.3) is 0 Å². The van der Waals surface area contributed by atoms with E-state index in [9.17, 15) is 0 Å². The van der Waals surface area contributed by atoms with Gasteiger partial charge in [0.15, 0.2) is 0 Å². The van der Waals surface area contributed by atoms with Crippen LogP contribution in [0.3, 0.4) is 0 Å². The van der Waals surface area contributed by atoms with Gasteiger partial charge in [-0.1, -0.05) is 103 Å². The van der Waals surface area contributed by atoms with Gasteiger partial charge in [-0.05, 0) is 70.6 Å². The quantitative estimate of drug-likeness (QED) is 0.121. The monoisotopic (exact) mass is 654 g/mol. The van der Waals surface area contributed by atoms with E-state index >= 15 is 0 Å². The molecule has 22 heavy (non-hydrogen) atoms. The Bertz CT molecular complexity index is 382. The molecule has 1 aromatic rings. The molecule has 0 bridgehead atoms. The van der Waals surface area contributed by atoms with Crippen LogP contribution in [0, 0.1) is 0 Å². The van der Waals surface area contributed by atoms with Gasteiger partial charge in [0.2, 0.25) is 0 Å². The fourth-order valence-electron chi connectivity index (χ4n) is 2.54. The van der Waals surface area contributed by atoms with Gasteiger partial charge in [0.05, 0.1) is 0 Å². The minimum absolute atomic E-state index is 1.19. The Balaban J connectivity index is 2.42. The highest BCUT2D eigenvalue weighted by molar-refractivity contribution is 14.1. The molecular formula is C18H26Br2I2. The first-order valence-electron chi connectivity index (χ1n) is 8.27. The summed E-state index contributed by atoms with van der Waals surface area (Å²) >= 11 is 12.5. The van der Waals surface area contributed by atoms with Crippen molar-refractivity contribution in [2.24, 2.45) is 0 Å². The number of alkyl halides is 2. The molecule has 4 heteroatoms. The van der Waals surface area contributed by atoms with Gasteiger partial charge in [-0.25, -0.2) is 0 Å². The smallest absolute Gasteiger partial charge is 0.0210 e. The summed E-state index contributed by atoms with van der Waals surface area (Å²) in [6.07, 6.45) is 13.2. The zero-order valence-electron chi connectivity index (χ0n) is 13.2. The van der Waals surface area contributed by atoms with Gasteiger partial charge in [0, 0.05) is 8.95 Å². The first-order chi connectivity index (χ1) is 10.7. The lowest BCUT2D eigenvalue weighted by Crippen LogP contribution is -1.94. The van der Waals surface area contributed by atoms with Crippen molar-refractivity contribution in [2.75, 3.05) is 8.86 Å². The number of benzene rings is 1.